The monoisotopic (exact) mass is 343 g/mol. The van der Waals surface area contributed by atoms with E-state index >= 15 is 0 Å². The van der Waals surface area contributed by atoms with Gasteiger partial charge in [-0.25, -0.2) is 0 Å². The number of rotatable bonds is 9. The highest BCUT2D eigenvalue weighted by atomic mass is 32.1. The van der Waals surface area contributed by atoms with E-state index in [9.17, 15) is 4.79 Å². The number of amides is 1. The van der Waals surface area contributed by atoms with Crippen molar-refractivity contribution in [3.63, 3.8) is 0 Å². The van der Waals surface area contributed by atoms with Gasteiger partial charge >= 0.3 is 0 Å². The summed E-state index contributed by atoms with van der Waals surface area (Å²) in [5, 5.41) is 2.00. The van der Waals surface area contributed by atoms with Crippen molar-refractivity contribution in [3.8, 4) is 11.5 Å². The van der Waals surface area contributed by atoms with Gasteiger partial charge in [-0.05, 0) is 29.6 Å². The van der Waals surface area contributed by atoms with E-state index < -0.39 is 0 Å². The largest absolute Gasteiger partial charge is 0.493 e. The van der Waals surface area contributed by atoms with Gasteiger partial charge < -0.3 is 14.4 Å². The van der Waals surface area contributed by atoms with E-state index in [1.54, 1.807) is 53.7 Å². The predicted octanol–water partition coefficient (Wildman–Crippen LogP) is 4.15. The summed E-state index contributed by atoms with van der Waals surface area (Å²) >= 11 is 1.63. The highest BCUT2D eigenvalue weighted by Crippen LogP contribution is 2.29. The maximum atomic E-state index is 12.8. The van der Waals surface area contributed by atoms with Crippen LogP contribution in [0.15, 0.2) is 61.0 Å². The molecule has 0 aliphatic rings. The molecule has 2 rings (SSSR count). The van der Waals surface area contributed by atoms with Crippen LogP contribution in [0.2, 0.25) is 0 Å². The van der Waals surface area contributed by atoms with Crippen molar-refractivity contribution >= 4 is 17.2 Å². The van der Waals surface area contributed by atoms with Gasteiger partial charge in [-0.1, -0.05) is 24.8 Å². The minimum Gasteiger partial charge on any atom is -0.493 e. The van der Waals surface area contributed by atoms with Gasteiger partial charge in [0.05, 0.1) is 13.7 Å². The third-order valence-corrected chi connectivity index (χ3v) is 4.19. The molecule has 0 aliphatic carbocycles. The topological polar surface area (TPSA) is 38.8 Å². The maximum Gasteiger partial charge on any atom is 0.254 e. The molecule has 1 amide bonds. The van der Waals surface area contributed by atoms with Crippen molar-refractivity contribution in [1.29, 1.82) is 0 Å². The SMILES string of the molecule is C=CCOc1ccc(C(=O)N(CC=C)Cc2cccs2)cc1OC. The smallest absolute Gasteiger partial charge is 0.254 e. The quantitative estimate of drug-likeness (QED) is 0.642. The molecule has 2 aromatic rings. The van der Waals surface area contributed by atoms with Crippen LogP contribution in [0.4, 0.5) is 0 Å². The number of methoxy groups -OCH3 is 1. The van der Waals surface area contributed by atoms with Gasteiger partial charge in [0.1, 0.15) is 6.61 Å². The molecule has 0 bridgehead atoms. The molecule has 24 heavy (non-hydrogen) atoms. The average Bonchev–Trinajstić information content (AvgIpc) is 3.12. The van der Waals surface area contributed by atoms with Crippen LogP contribution in [0, 0.1) is 0 Å². The van der Waals surface area contributed by atoms with Crippen LogP contribution in [0.1, 0.15) is 15.2 Å². The number of benzene rings is 1. The Morgan fingerprint density at radius 3 is 2.71 bits per heavy atom. The lowest BCUT2D eigenvalue weighted by Crippen LogP contribution is -2.30. The van der Waals surface area contributed by atoms with Crippen molar-refractivity contribution in [2.75, 3.05) is 20.3 Å². The normalized spacial score (nSPS) is 10.0. The Morgan fingerprint density at radius 1 is 1.25 bits per heavy atom. The summed E-state index contributed by atoms with van der Waals surface area (Å²) in [7, 11) is 1.55. The first-order valence-corrected chi connectivity index (χ1v) is 8.41. The van der Waals surface area contributed by atoms with Gasteiger partial charge in [-0.3, -0.25) is 4.79 Å². The molecule has 0 saturated heterocycles. The highest BCUT2D eigenvalue weighted by Gasteiger charge is 2.17. The molecule has 4 nitrogen and oxygen atoms in total. The molecule has 1 aromatic carbocycles. The van der Waals surface area contributed by atoms with Crippen molar-refractivity contribution in [3.05, 3.63) is 71.5 Å². The number of carbonyl (C=O) groups excluding carboxylic acids is 1. The van der Waals surface area contributed by atoms with E-state index in [-0.39, 0.29) is 5.91 Å². The molecule has 0 unspecified atom stereocenters. The minimum absolute atomic E-state index is 0.0723. The molecule has 1 heterocycles. The van der Waals surface area contributed by atoms with Crippen LogP contribution in [0.25, 0.3) is 0 Å². The average molecular weight is 343 g/mol. The van der Waals surface area contributed by atoms with Crippen LogP contribution >= 0.6 is 11.3 Å². The lowest BCUT2D eigenvalue weighted by molar-refractivity contribution is 0.0764. The molecule has 0 N–H and O–H groups in total. The maximum absolute atomic E-state index is 12.8. The van der Waals surface area contributed by atoms with E-state index in [1.807, 2.05) is 17.5 Å². The number of hydrogen-bond acceptors (Lipinski definition) is 4. The van der Waals surface area contributed by atoms with Crippen molar-refractivity contribution in [2.24, 2.45) is 0 Å². The first-order valence-electron chi connectivity index (χ1n) is 7.54. The Labute approximate surface area is 146 Å². The van der Waals surface area contributed by atoms with E-state index in [4.69, 9.17) is 9.47 Å². The summed E-state index contributed by atoms with van der Waals surface area (Å²) in [6, 6.07) is 9.18. The zero-order valence-electron chi connectivity index (χ0n) is 13.7. The Hall–Kier alpha value is -2.53. The summed E-state index contributed by atoms with van der Waals surface area (Å²) in [5.74, 6) is 1.04. The van der Waals surface area contributed by atoms with Gasteiger partial charge in [0, 0.05) is 17.0 Å². The van der Waals surface area contributed by atoms with Gasteiger partial charge in [0.2, 0.25) is 0 Å². The van der Waals surface area contributed by atoms with Crippen LogP contribution in [-0.2, 0) is 6.54 Å². The fourth-order valence-corrected chi connectivity index (χ4v) is 2.94. The summed E-state index contributed by atoms with van der Waals surface area (Å²) in [5.41, 5.74) is 0.552. The van der Waals surface area contributed by atoms with Crippen molar-refractivity contribution in [1.82, 2.24) is 4.90 Å². The van der Waals surface area contributed by atoms with E-state index in [2.05, 4.69) is 13.2 Å². The van der Waals surface area contributed by atoms with E-state index in [0.29, 0.717) is 36.8 Å². The highest BCUT2D eigenvalue weighted by molar-refractivity contribution is 7.09. The molecule has 0 atom stereocenters. The van der Waals surface area contributed by atoms with Gasteiger partial charge in [-0.2, -0.15) is 0 Å². The summed E-state index contributed by atoms with van der Waals surface area (Å²) in [4.78, 5) is 15.7. The minimum atomic E-state index is -0.0723. The van der Waals surface area contributed by atoms with Crippen molar-refractivity contribution in [2.45, 2.75) is 6.54 Å². The van der Waals surface area contributed by atoms with E-state index in [0.717, 1.165) is 4.88 Å². The molecule has 0 aliphatic heterocycles. The van der Waals surface area contributed by atoms with Crippen LogP contribution in [0.3, 0.4) is 0 Å². The molecular formula is C19H21NO3S. The zero-order chi connectivity index (χ0) is 17.4. The standard InChI is InChI=1S/C19H21NO3S/c1-4-10-20(14-16-7-6-12-24-16)19(21)15-8-9-17(23-11-5-2)18(13-15)22-3/h4-9,12-13H,1-2,10-11,14H2,3H3. The van der Waals surface area contributed by atoms with E-state index in [1.165, 1.54) is 0 Å². The number of nitrogens with zero attached hydrogens (tertiary/aromatic N) is 1. The molecule has 5 heteroatoms. The molecule has 0 spiro atoms. The Bertz CT molecular complexity index is 695. The molecule has 0 fully saturated rings. The molecule has 0 saturated carbocycles. The Balaban J connectivity index is 2.21. The zero-order valence-corrected chi connectivity index (χ0v) is 14.6. The van der Waals surface area contributed by atoms with Crippen LogP contribution < -0.4 is 9.47 Å². The number of ether oxygens (including phenoxy) is 2. The van der Waals surface area contributed by atoms with Gasteiger partial charge in [-0.15, -0.1) is 17.9 Å². The first kappa shape index (κ1) is 17.8. The van der Waals surface area contributed by atoms with Gasteiger partial charge in [0.25, 0.3) is 5.91 Å². The second kappa shape index (κ2) is 8.93. The predicted molar refractivity (Wildman–Crippen MR) is 97.9 cm³/mol. The number of hydrogen-bond donors (Lipinski definition) is 0. The summed E-state index contributed by atoms with van der Waals surface area (Å²) < 4.78 is 10.9. The third-order valence-electron chi connectivity index (χ3n) is 3.33. The summed E-state index contributed by atoms with van der Waals surface area (Å²) in [6.45, 7) is 8.78. The van der Waals surface area contributed by atoms with Gasteiger partial charge in [0.15, 0.2) is 11.5 Å². The van der Waals surface area contributed by atoms with Crippen LogP contribution in [0.5, 0.6) is 11.5 Å². The molecular weight excluding hydrogens is 322 g/mol. The third kappa shape index (κ3) is 4.49. The lowest BCUT2D eigenvalue weighted by atomic mass is 10.1. The number of thiophene rings is 1. The van der Waals surface area contributed by atoms with Crippen LogP contribution in [-0.4, -0.2) is 31.1 Å². The second-order valence-corrected chi connectivity index (χ2v) is 6.05. The fourth-order valence-electron chi connectivity index (χ4n) is 2.22. The molecule has 1 aromatic heterocycles. The van der Waals surface area contributed by atoms with Crippen molar-refractivity contribution < 1.29 is 14.3 Å². The fraction of sp³-hybridized carbons (Fsp3) is 0.211. The first-order chi connectivity index (χ1) is 11.7. The second-order valence-electron chi connectivity index (χ2n) is 5.02. The molecule has 126 valence electrons. The molecule has 0 radical (unpaired) electrons. The summed E-state index contributed by atoms with van der Waals surface area (Å²) in [6.07, 6.45) is 3.38. The lowest BCUT2D eigenvalue weighted by Gasteiger charge is -2.21. The number of carbonyl (C=O) groups is 1. The Kier molecular flexibility index (Phi) is 6.63. The Morgan fingerprint density at radius 2 is 2.08 bits per heavy atom.